The van der Waals surface area contributed by atoms with Crippen LogP contribution in [0.1, 0.15) is 62.5 Å². The minimum atomic E-state index is 0.241. The smallest absolute Gasteiger partial charge is 0.249 e. The molecule has 1 amide bonds. The Hall–Kier alpha value is -1.65. The zero-order valence-electron chi connectivity index (χ0n) is 18.9. The van der Waals surface area contributed by atoms with Gasteiger partial charge in [0.1, 0.15) is 0 Å². The highest BCUT2D eigenvalue weighted by molar-refractivity contribution is 5.93. The molecule has 2 fully saturated rings. The number of benzene rings is 1. The number of nitrogens with zero attached hydrogens (tertiary/aromatic N) is 2. The molecule has 0 aromatic heterocycles. The van der Waals surface area contributed by atoms with Crippen molar-refractivity contribution in [1.82, 2.24) is 9.80 Å². The maximum Gasteiger partial charge on any atom is 0.249 e. The molecule has 0 radical (unpaired) electrons. The lowest BCUT2D eigenvalue weighted by Crippen LogP contribution is -2.46. The summed E-state index contributed by atoms with van der Waals surface area (Å²) in [6, 6.07) is 9.63. The Morgan fingerprint density at radius 1 is 1.00 bits per heavy atom. The molecule has 4 nitrogen and oxygen atoms in total. The van der Waals surface area contributed by atoms with Crippen molar-refractivity contribution in [3.8, 4) is 0 Å². The van der Waals surface area contributed by atoms with E-state index in [1.165, 1.54) is 45.2 Å². The lowest BCUT2D eigenvalue weighted by Gasteiger charge is -2.38. The van der Waals surface area contributed by atoms with Gasteiger partial charge in [-0.25, -0.2) is 0 Å². The summed E-state index contributed by atoms with van der Waals surface area (Å²) < 4.78 is 5.90. The number of likely N-dealkylation sites (tertiary alicyclic amines) is 1. The van der Waals surface area contributed by atoms with Crippen molar-refractivity contribution in [2.24, 2.45) is 5.92 Å². The second-order valence-corrected chi connectivity index (χ2v) is 10.1. The van der Waals surface area contributed by atoms with Gasteiger partial charge in [-0.1, -0.05) is 30.3 Å². The zero-order valence-corrected chi connectivity index (χ0v) is 18.9. The Balaban J connectivity index is 1.17. The van der Waals surface area contributed by atoms with Crippen LogP contribution in [0.5, 0.6) is 0 Å². The first kappa shape index (κ1) is 21.2. The molecule has 0 saturated carbocycles. The molecule has 0 bridgehead atoms. The lowest BCUT2D eigenvalue weighted by atomic mass is 9.93. The Morgan fingerprint density at radius 2 is 1.77 bits per heavy atom. The average molecular weight is 423 g/mol. The van der Waals surface area contributed by atoms with E-state index in [-0.39, 0.29) is 6.10 Å². The third-order valence-corrected chi connectivity index (χ3v) is 7.97. The number of amides is 1. The summed E-state index contributed by atoms with van der Waals surface area (Å²) in [6.07, 6.45) is 13.9. The van der Waals surface area contributed by atoms with Gasteiger partial charge in [0.15, 0.2) is 0 Å². The van der Waals surface area contributed by atoms with Crippen LogP contribution in [0.3, 0.4) is 0 Å². The van der Waals surface area contributed by atoms with Crippen LogP contribution in [0.25, 0.3) is 0 Å². The van der Waals surface area contributed by atoms with E-state index in [4.69, 9.17) is 4.74 Å². The van der Waals surface area contributed by atoms with Crippen molar-refractivity contribution in [2.45, 2.75) is 76.4 Å². The van der Waals surface area contributed by atoms with Crippen molar-refractivity contribution in [3.05, 3.63) is 47.0 Å². The topological polar surface area (TPSA) is 32.8 Å². The van der Waals surface area contributed by atoms with Crippen LogP contribution in [-0.4, -0.2) is 60.6 Å². The van der Waals surface area contributed by atoms with Gasteiger partial charge in [-0.15, -0.1) is 0 Å². The number of rotatable bonds is 6. The quantitative estimate of drug-likeness (QED) is 0.682. The van der Waals surface area contributed by atoms with Gasteiger partial charge in [0, 0.05) is 31.3 Å². The summed E-state index contributed by atoms with van der Waals surface area (Å²) in [4.78, 5) is 18.2. The molecule has 2 aliphatic heterocycles. The SMILES string of the molecule is O=C(C1=CCCCC1)N(CC1CCN(C2Cc3ccccc3C2)CC1)C[C@H]1CCCO1. The third-order valence-electron chi connectivity index (χ3n) is 7.97. The normalized spacial score (nSPS) is 25.4. The summed E-state index contributed by atoms with van der Waals surface area (Å²) in [7, 11) is 0. The predicted octanol–water partition coefficient (Wildman–Crippen LogP) is 4.37. The van der Waals surface area contributed by atoms with Crippen molar-refractivity contribution in [3.63, 3.8) is 0 Å². The second-order valence-electron chi connectivity index (χ2n) is 10.1. The summed E-state index contributed by atoms with van der Waals surface area (Å²) >= 11 is 0. The minimum Gasteiger partial charge on any atom is -0.376 e. The van der Waals surface area contributed by atoms with Crippen LogP contribution >= 0.6 is 0 Å². The van der Waals surface area contributed by atoms with E-state index in [1.54, 1.807) is 11.1 Å². The highest BCUT2D eigenvalue weighted by atomic mass is 16.5. The summed E-state index contributed by atoms with van der Waals surface area (Å²) in [5.74, 6) is 0.915. The number of fused-ring (bicyclic) bond motifs is 1. The molecule has 2 saturated heterocycles. The first-order chi connectivity index (χ1) is 15.3. The first-order valence-corrected chi connectivity index (χ1v) is 12.7. The van der Waals surface area contributed by atoms with Crippen molar-refractivity contribution < 1.29 is 9.53 Å². The summed E-state index contributed by atoms with van der Waals surface area (Å²) in [5.41, 5.74) is 4.15. The highest BCUT2D eigenvalue weighted by Gasteiger charge is 2.32. The highest BCUT2D eigenvalue weighted by Crippen LogP contribution is 2.30. The first-order valence-electron chi connectivity index (χ1n) is 12.7. The number of piperidine rings is 1. The number of carbonyl (C=O) groups excluding carboxylic acids is 1. The molecule has 4 heteroatoms. The van der Waals surface area contributed by atoms with Crippen LogP contribution < -0.4 is 0 Å². The van der Waals surface area contributed by atoms with Crippen LogP contribution in [0, 0.1) is 5.92 Å². The van der Waals surface area contributed by atoms with E-state index in [0.29, 0.717) is 17.9 Å². The fraction of sp³-hybridized carbons (Fsp3) is 0.667. The standard InChI is InChI=1S/C27H38N2O2/c30-27(22-7-2-1-3-8-22)29(20-26-11-6-16-31-26)19-21-12-14-28(15-13-21)25-17-23-9-4-5-10-24(23)18-25/h4-5,7,9-10,21,25-26H,1-3,6,8,11-20H2/t26-/m1/s1. The zero-order chi connectivity index (χ0) is 21.0. The monoisotopic (exact) mass is 422 g/mol. The Bertz CT molecular complexity index is 765. The molecular weight excluding hydrogens is 384 g/mol. The van der Waals surface area contributed by atoms with E-state index < -0.39 is 0 Å². The lowest BCUT2D eigenvalue weighted by molar-refractivity contribution is -0.130. The molecule has 1 aromatic rings. The molecule has 0 spiro atoms. The average Bonchev–Trinajstić information content (AvgIpc) is 3.49. The van der Waals surface area contributed by atoms with Crippen molar-refractivity contribution in [1.29, 1.82) is 0 Å². The molecule has 31 heavy (non-hydrogen) atoms. The largest absolute Gasteiger partial charge is 0.376 e. The fourth-order valence-corrected chi connectivity index (χ4v) is 6.12. The van der Waals surface area contributed by atoms with E-state index in [0.717, 1.165) is 57.4 Å². The van der Waals surface area contributed by atoms with Crippen LogP contribution in [0.15, 0.2) is 35.9 Å². The van der Waals surface area contributed by atoms with Crippen LogP contribution in [0.4, 0.5) is 0 Å². The van der Waals surface area contributed by atoms with E-state index >= 15 is 0 Å². The third kappa shape index (κ3) is 5.06. The molecule has 0 unspecified atom stereocenters. The van der Waals surface area contributed by atoms with Gasteiger partial charge in [0.2, 0.25) is 5.91 Å². The van der Waals surface area contributed by atoms with E-state index in [9.17, 15) is 4.79 Å². The van der Waals surface area contributed by atoms with Crippen LogP contribution in [-0.2, 0) is 22.4 Å². The molecule has 4 aliphatic rings. The van der Waals surface area contributed by atoms with Gasteiger partial charge >= 0.3 is 0 Å². The molecule has 2 aliphatic carbocycles. The fourth-order valence-electron chi connectivity index (χ4n) is 6.12. The molecule has 0 N–H and O–H groups in total. The maximum absolute atomic E-state index is 13.4. The summed E-state index contributed by atoms with van der Waals surface area (Å²) in [5, 5.41) is 0. The Kier molecular flexibility index (Phi) is 6.75. The predicted molar refractivity (Wildman–Crippen MR) is 124 cm³/mol. The molecule has 1 atom stereocenters. The Labute approximate surface area is 187 Å². The minimum absolute atomic E-state index is 0.241. The van der Waals surface area contributed by atoms with Gasteiger partial charge in [-0.2, -0.15) is 0 Å². The number of hydrogen-bond donors (Lipinski definition) is 0. The molecule has 5 rings (SSSR count). The van der Waals surface area contributed by atoms with Crippen LogP contribution in [0.2, 0.25) is 0 Å². The van der Waals surface area contributed by atoms with Gasteiger partial charge in [-0.3, -0.25) is 9.69 Å². The number of carbonyl (C=O) groups is 1. The van der Waals surface area contributed by atoms with Gasteiger partial charge in [0.25, 0.3) is 0 Å². The number of allylic oxidation sites excluding steroid dienone is 1. The molecule has 2 heterocycles. The van der Waals surface area contributed by atoms with Gasteiger partial charge in [-0.05, 0) is 94.3 Å². The van der Waals surface area contributed by atoms with Crippen molar-refractivity contribution >= 4 is 5.91 Å². The molecule has 168 valence electrons. The summed E-state index contributed by atoms with van der Waals surface area (Å²) in [6.45, 7) is 4.91. The number of hydrogen-bond acceptors (Lipinski definition) is 3. The molecular formula is C27H38N2O2. The van der Waals surface area contributed by atoms with Gasteiger partial charge < -0.3 is 9.64 Å². The maximum atomic E-state index is 13.4. The van der Waals surface area contributed by atoms with Gasteiger partial charge in [0.05, 0.1) is 6.10 Å². The number of ether oxygens (including phenoxy) is 1. The molecule has 1 aromatic carbocycles. The second kappa shape index (κ2) is 9.87. The Morgan fingerprint density at radius 3 is 2.42 bits per heavy atom. The van der Waals surface area contributed by atoms with E-state index in [1.807, 2.05) is 0 Å². The van der Waals surface area contributed by atoms with Crippen molar-refractivity contribution in [2.75, 3.05) is 32.8 Å². The van der Waals surface area contributed by atoms with E-state index in [2.05, 4.69) is 40.1 Å².